The van der Waals surface area contributed by atoms with E-state index in [1.165, 1.54) is 6.92 Å². The lowest BCUT2D eigenvalue weighted by molar-refractivity contribution is -0.119. The van der Waals surface area contributed by atoms with Crippen molar-refractivity contribution < 1.29 is 9.59 Å². The summed E-state index contributed by atoms with van der Waals surface area (Å²) in [4.78, 5) is 29.2. The van der Waals surface area contributed by atoms with Gasteiger partial charge in [0.05, 0.1) is 11.9 Å². The molecule has 0 saturated heterocycles. The van der Waals surface area contributed by atoms with Gasteiger partial charge in [0, 0.05) is 33.1 Å². The SMILES string of the molecule is CC(=O)NCc1ccc(C(=O)Nc2ccc(N(C)C)nc2)cc1. The second-order valence-corrected chi connectivity index (χ2v) is 5.36. The van der Waals surface area contributed by atoms with Gasteiger partial charge in [0.25, 0.3) is 5.91 Å². The summed E-state index contributed by atoms with van der Waals surface area (Å²) in [5.74, 6) is 0.543. The first kappa shape index (κ1) is 16.5. The second-order valence-electron chi connectivity index (χ2n) is 5.36. The van der Waals surface area contributed by atoms with Crippen LogP contribution in [0, 0.1) is 0 Å². The molecule has 2 N–H and O–H groups in total. The van der Waals surface area contributed by atoms with Gasteiger partial charge in [-0.2, -0.15) is 0 Å². The summed E-state index contributed by atoms with van der Waals surface area (Å²) in [6.45, 7) is 1.92. The molecular formula is C17H20N4O2. The van der Waals surface area contributed by atoms with E-state index in [1.807, 2.05) is 43.3 Å². The third kappa shape index (κ3) is 4.81. The molecule has 0 atom stereocenters. The second kappa shape index (κ2) is 7.40. The summed E-state index contributed by atoms with van der Waals surface area (Å²) in [5, 5.41) is 5.52. The zero-order chi connectivity index (χ0) is 16.8. The zero-order valence-electron chi connectivity index (χ0n) is 13.5. The van der Waals surface area contributed by atoms with Gasteiger partial charge in [-0.3, -0.25) is 9.59 Å². The molecule has 0 fully saturated rings. The number of rotatable bonds is 5. The average Bonchev–Trinajstić information content (AvgIpc) is 2.54. The van der Waals surface area contributed by atoms with Gasteiger partial charge in [-0.25, -0.2) is 4.98 Å². The number of hydrogen-bond acceptors (Lipinski definition) is 4. The number of benzene rings is 1. The van der Waals surface area contributed by atoms with E-state index in [4.69, 9.17) is 0 Å². The lowest BCUT2D eigenvalue weighted by atomic mass is 10.1. The predicted octanol–water partition coefficient (Wildman–Crippen LogP) is 2.04. The van der Waals surface area contributed by atoms with Crippen molar-refractivity contribution in [2.45, 2.75) is 13.5 Å². The maximum atomic E-state index is 12.2. The first-order valence-corrected chi connectivity index (χ1v) is 7.24. The molecule has 6 nitrogen and oxygen atoms in total. The van der Waals surface area contributed by atoms with Crippen molar-refractivity contribution in [1.29, 1.82) is 0 Å². The van der Waals surface area contributed by atoms with Crippen LogP contribution in [-0.4, -0.2) is 30.9 Å². The van der Waals surface area contributed by atoms with Crippen molar-refractivity contribution in [3.63, 3.8) is 0 Å². The van der Waals surface area contributed by atoms with E-state index in [0.717, 1.165) is 11.4 Å². The molecule has 23 heavy (non-hydrogen) atoms. The number of aromatic nitrogens is 1. The Hall–Kier alpha value is -2.89. The monoisotopic (exact) mass is 312 g/mol. The van der Waals surface area contributed by atoms with Crippen LogP contribution in [0.25, 0.3) is 0 Å². The summed E-state index contributed by atoms with van der Waals surface area (Å²) < 4.78 is 0. The predicted molar refractivity (Wildman–Crippen MR) is 90.5 cm³/mol. The lowest BCUT2D eigenvalue weighted by Gasteiger charge is -2.11. The van der Waals surface area contributed by atoms with Crippen molar-refractivity contribution >= 4 is 23.3 Å². The van der Waals surface area contributed by atoms with Crippen molar-refractivity contribution in [3.05, 3.63) is 53.7 Å². The van der Waals surface area contributed by atoms with Crippen molar-refractivity contribution in [2.24, 2.45) is 0 Å². The molecule has 2 amide bonds. The van der Waals surface area contributed by atoms with Crippen LogP contribution < -0.4 is 15.5 Å². The number of nitrogens with one attached hydrogen (secondary N) is 2. The van der Waals surface area contributed by atoms with Crippen LogP contribution >= 0.6 is 0 Å². The molecule has 0 saturated carbocycles. The summed E-state index contributed by atoms with van der Waals surface area (Å²) in [6.07, 6.45) is 1.62. The van der Waals surface area contributed by atoms with Crippen LogP contribution in [0.5, 0.6) is 0 Å². The minimum absolute atomic E-state index is 0.0829. The first-order valence-electron chi connectivity index (χ1n) is 7.24. The number of carbonyl (C=O) groups is 2. The molecule has 1 aromatic heterocycles. The third-order valence-corrected chi connectivity index (χ3v) is 3.22. The molecule has 2 rings (SSSR count). The van der Waals surface area contributed by atoms with E-state index in [0.29, 0.717) is 17.8 Å². The molecular weight excluding hydrogens is 292 g/mol. The molecule has 0 aliphatic rings. The topological polar surface area (TPSA) is 74.3 Å². The van der Waals surface area contributed by atoms with Gasteiger partial charge in [0.15, 0.2) is 0 Å². The number of hydrogen-bond donors (Lipinski definition) is 2. The third-order valence-electron chi connectivity index (χ3n) is 3.22. The number of pyridine rings is 1. The molecule has 0 aliphatic heterocycles. The molecule has 2 aromatic rings. The Balaban J connectivity index is 1.98. The first-order chi connectivity index (χ1) is 11.0. The molecule has 0 bridgehead atoms. The van der Waals surface area contributed by atoms with Crippen LogP contribution in [0.3, 0.4) is 0 Å². The Bertz CT molecular complexity index is 679. The Kier molecular flexibility index (Phi) is 5.30. The maximum absolute atomic E-state index is 12.2. The van der Waals surface area contributed by atoms with E-state index >= 15 is 0 Å². The Morgan fingerprint density at radius 1 is 1.09 bits per heavy atom. The quantitative estimate of drug-likeness (QED) is 0.886. The van der Waals surface area contributed by atoms with Crippen molar-refractivity contribution in [3.8, 4) is 0 Å². The Labute approximate surface area is 135 Å². The molecule has 0 radical (unpaired) electrons. The van der Waals surface area contributed by atoms with Crippen LogP contribution in [0.2, 0.25) is 0 Å². The van der Waals surface area contributed by atoms with E-state index < -0.39 is 0 Å². The normalized spacial score (nSPS) is 10.0. The smallest absolute Gasteiger partial charge is 0.255 e. The lowest BCUT2D eigenvalue weighted by Crippen LogP contribution is -2.19. The minimum atomic E-state index is -0.199. The average molecular weight is 312 g/mol. The minimum Gasteiger partial charge on any atom is -0.363 e. The zero-order valence-corrected chi connectivity index (χ0v) is 13.5. The van der Waals surface area contributed by atoms with E-state index in [1.54, 1.807) is 18.3 Å². The molecule has 1 aromatic carbocycles. The number of nitrogens with zero attached hydrogens (tertiary/aromatic N) is 2. The van der Waals surface area contributed by atoms with Crippen LogP contribution in [0.15, 0.2) is 42.6 Å². The summed E-state index contributed by atoms with van der Waals surface area (Å²) in [5.41, 5.74) is 2.13. The van der Waals surface area contributed by atoms with Gasteiger partial charge in [-0.15, -0.1) is 0 Å². The summed E-state index contributed by atoms with van der Waals surface area (Å²) in [6, 6.07) is 10.7. The Morgan fingerprint density at radius 2 is 1.78 bits per heavy atom. The fraction of sp³-hybridized carbons (Fsp3) is 0.235. The molecule has 0 unspecified atom stereocenters. The largest absolute Gasteiger partial charge is 0.363 e. The number of carbonyl (C=O) groups excluding carboxylic acids is 2. The van der Waals surface area contributed by atoms with E-state index in [2.05, 4.69) is 15.6 Å². The highest BCUT2D eigenvalue weighted by atomic mass is 16.2. The van der Waals surface area contributed by atoms with Crippen LogP contribution in [0.4, 0.5) is 11.5 Å². The van der Waals surface area contributed by atoms with Gasteiger partial charge < -0.3 is 15.5 Å². The molecule has 0 spiro atoms. The fourth-order valence-electron chi connectivity index (χ4n) is 1.93. The molecule has 6 heteroatoms. The van der Waals surface area contributed by atoms with E-state index in [9.17, 15) is 9.59 Å². The highest BCUT2D eigenvalue weighted by Gasteiger charge is 2.07. The summed E-state index contributed by atoms with van der Waals surface area (Å²) >= 11 is 0. The molecule has 0 aliphatic carbocycles. The number of amides is 2. The summed E-state index contributed by atoms with van der Waals surface area (Å²) in [7, 11) is 3.81. The standard InChI is InChI=1S/C17H20N4O2/c1-12(22)18-10-13-4-6-14(7-5-13)17(23)20-15-8-9-16(19-11-15)21(2)3/h4-9,11H,10H2,1-3H3,(H,18,22)(H,20,23). The van der Waals surface area contributed by atoms with Crippen molar-refractivity contribution in [1.82, 2.24) is 10.3 Å². The molecule has 120 valence electrons. The van der Waals surface area contributed by atoms with Gasteiger partial charge in [0.2, 0.25) is 5.91 Å². The van der Waals surface area contributed by atoms with E-state index in [-0.39, 0.29) is 11.8 Å². The van der Waals surface area contributed by atoms with Gasteiger partial charge in [-0.05, 0) is 29.8 Å². The van der Waals surface area contributed by atoms with Gasteiger partial charge >= 0.3 is 0 Å². The highest BCUT2D eigenvalue weighted by molar-refractivity contribution is 6.04. The maximum Gasteiger partial charge on any atom is 0.255 e. The van der Waals surface area contributed by atoms with Crippen LogP contribution in [-0.2, 0) is 11.3 Å². The highest BCUT2D eigenvalue weighted by Crippen LogP contribution is 2.13. The van der Waals surface area contributed by atoms with Gasteiger partial charge in [0.1, 0.15) is 5.82 Å². The van der Waals surface area contributed by atoms with Gasteiger partial charge in [-0.1, -0.05) is 12.1 Å². The van der Waals surface area contributed by atoms with Crippen LogP contribution in [0.1, 0.15) is 22.8 Å². The fourth-order valence-corrected chi connectivity index (χ4v) is 1.93. The Morgan fingerprint density at radius 3 is 2.30 bits per heavy atom. The van der Waals surface area contributed by atoms with Crippen molar-refractivity contribution in [2.75, 3.05) is 24.3 Å². The molecule has 1 heterocycles. The number of anilines is 2.